The molecule has 3 aromatic rings. The third kappa shape index (κ3) is 7.10. The number of carbonyl (C=O) groups is 2. The Labute approximate surface area is 180 Å². The van der Waals surface area contributed by atoms with Crippen LogP contribution in [0.25, 0.3) is 0 Å². The number of nitrogens with one attached hydrogen (secondary N) is 3. The first-order chi connectivity index (χ1) is 14.8. The summed E-state index contributed by atoms with van der Waals surface area (Å²) in [5.74, 6) is 0.215. The Kier molecular flexibility index (Phi) is 7.24. The first kappa shape index (κ1) is 22.3. The molecule has 3 amide bonds. The molecule has 3 rings (SSSR count). The molecule has 0 atom stereocenters. The molecule has 31 heavy (non-hydrogen) atoms. The number of thioether (sulfide) groups is 1. The molecule has 2 aromatic carbocycles. The van der Waals surface area contributed by atoms with Crippen LogP contribution < -0.4 is 16.0 Å². The van der Waals surface area contributed by atoms with Crippen LogP contribution >= 0.6 is 11.8 Å². The molecule has 0 saturated carbocycles. The normalized spacial score (nSPS) is 11.1. The van der Waals surface area contributed by atoms with Gasteiger partial charge in [0.15, 0.2) is 0 Å². The van der Waals surface area contributed by atoms with Gasteiger partial charge >= 0.3 is 12.2 Å². The summed E-state index contributed by atoms with van der Waals surface area (Å²) >= 11 is 1.01. The van der Waals surface area contributed by atoms with E-state index < -0.39 is 17.8 Å². The van der Waals surface area contributed by atoms with Crippen LogP contribution in [-0.2, 0) is 17.5 Å². The number of halogens is 3. The molecule has 1 heterocycles. The van der Waals surface area contributed by atoms with E-state index in [9.17, 15) is 22.8 Å². The van der Waals surface area contributed by atoms with Crippen molar-refractivity contribution in [3.8, 4) is 0 Å². The highest BCUT2D eigenvalue weighted by atomic mass is 32.2. The van der Waals surface area contributed by atoms with E-state index in [-0.39, 0.29) is 18.2 Å². The Morgan fingerprint density at radius 2 is 1.65 bits per heavy atom. The molecule has 162 valence electrons. The summed E-state index contributed by atoms with van der Waals surface area (Å²) in [5, 5.41) is 7.95. The number of rotatable bonds is 7. The van der Waals surface area contributed by atoms with Crippen LogP contribution in [0, 0.1) is 0 Å². The molecule has 0 saturated heterocycles. The van der Waals surface area contributed by atoms with E-state index in [1.54, 1.807) is 36.4 Å². The largest absolute Gasteiger partial charge is 0.467 e. The summed E-state index contributed by atoms with van der Waals surface area (Å²) in [6, 6.07) is 14.3. The van der Waals surface area contributed by atoms with Gasteiger partial charge in [0, 0.05) is 16.3 Å². The molecule has 0 aliphatic rings. The molecule has 0 unspecified atom stereocenters. The molecule has 10 heteroatoms. The van der Waals surface area contributed by atoms with Gasteiger partial charge in [-0.05, 0) is 54.6 Å². The van der Waals surface area contributed by atoms with Crippen LogP contribution in [0.15, 0.2) is 76.2 Å². The van der Waals surface area contributed by atoms with Crippen molar-refractivity contribution >= 4 is 35.1 Å². The lowest BCUT2D eigenvalue weighted by molar-refractivity contribution is -0.137. The number of furan rings is 1. The van der Waals surface area contributed by atoms with E-state index in [4.69, 9.17) is 4.42 Å². The van der Waals surface area contributed by atoms with Crippen LogP contribution in [0.1, 0.15) is 11.3 Å². The highest BCUT2D eigenvalue weighted by Crippen LogP contribution is 2.31. The van der Waals surface area contributed by atoms with Crippen molar-refractivity contribution in [3.05, 3.63) is 78.3 Å². The molecular weight excluding hydrogens is 431 g/mol. The Balaban J connectivity index is 1.45. The van der Waals surface area contributed by atoms with Crippen molar-refractivity contribution < 1.29 is 27.2 Å². The van der Waals surface area contributed by atoms with Crippen LogP contribution in [0.3, 0.4) is 0 Å². The average Bonchev–Trinajstić information content (AvgIpc) is 3.26. The van der Waals surface area contributed by atoms with Gasteiger partial charge < -0.3 is 20.4 Å². The number of amides is 3. The van der Waals surface area contributed by atoms with Crippen LogP contribution in [0.2, 0.25) is 0 Å². The first-order valence-electron chi connectivity index (χ1n) is 9.07. The predicted octanol–water partition coefficient (Wildman–Crippen LogP) is 5.35. The number of urea groups is 1. The van der Waals surface area contributed by atoms with Gasteiger partial charge in [0.1, 0.15) is 5.76 Å². The van der Waals surface area contributed by atoms with Crippen molar-refractivity contribution in [2.24, 2.45) is 0 Å². The number of carbonyl (C=O) groups excluding carboxylic acids is 2. The fraction of sp³-hybridized carbons (Fsp3) is 0.143. The van der Waals surface area contributed by atoms with Gasteiger partial charge in [-0.15, -0.1) is 11.8 Å². The van der Waals surface area contributed by atoms with Gasteiger partial charge in [-0.3, -0.25) is 4.79 Å². The predicted molar refractivity (Wildman–Crippen MR) is 112 cm³/mol. The summed E-state index contributed by atoms with van der Waals surface area (Å²) in [6.07, 6.45) is -2.91. The Morgan fingerprint density at radius 1 is 0.935 bits per heavy atom. The standard InChI is InChI=1S/C21H18F3N3O3S/c22-21(23,24)14-3-1-5-18(11-14)31-13-19(28)26-15-6-8-16(9-7-15)27-20(29)25-12-17-4-2-10-30-17/h1-11H,12-13H2,(H,26,28)(H2,25,27,29). The molecule has 0 radical (unpaired) electrons. The van der Waals surface area contributed by atoms with Gasteiger partial charge in [0.05, 0.1) is 24.1 Å². The molecular formula is C21H18F3N3O3S. The minimum atomic E-state index is -4.43. The molecule has 0 aliphatic heterocycles. The minimum Gasteiger partial charge on any atom is -0.467 e. The third-order valence-corrected chi connectivity index (χ3v) is 4.95. The van der Waals surface area contributed by atoms with Crippen LogP contribution in [0.5, 0.6) is 0 Å². The van der Waals surface area contributed by atoms with Crippen molar-refractivity contribution in [3.63, 3.8) is 0 Å². The summed E-state index contributed by atoms with van der Waals surface area (Å²) in [7, 11) is 0. The molecule has 3 N–H and O–H groups in total. The quantitative estimate of drug-likeness (QED) is 0.425. The highest BCUT2D eigenvalue weighted by molar-refractivity contribution is 8.00. The molecule has 0 fully saturated rings. The number of anilines is 2. The maximum atomic E-state index is 12.8. The van der Waals surface area contributed by atoms with Gasteiger partial charge in [0.25, 0.3) is 0 Å². The summed E-state index contributed by atoms with van der Waals surface area (Å²) < 4.78 is 43.4. The number of benzene rings is 2. The first-order valence-corrected chi connectivity index (χ1v) is 10.1. The van der Waals surface area contributed by atoms with Gasteiger partial charge in [-0.2, -0.15) is 13.2 Å². The second-order valence-electron chi connectivity index (χ2n) is 6.33. The monoisotopic (exact) mass is 449 g/mol. The smallest absolute Gasteiger partial charge is 0.416 e. The van der Waals surface area contributed by atoms with Gasteiger partial charge in [-0.1, -0.05) is 6.07 Å². The van der Waals surface area contributed by atoms with Crippen molar-refractivity contribution in [2.75, 3.05) is 16.4 Å². The maximum Gasteiger partial charge on any atom is 0.416 e. The van der Waals surface area contributed by atoms with E-state index in [1.165, 1.54) is 18.4 Å². The van der Waals surface area contributed by atoms with Crippen molar-refractivity contribution in [1.82, 2.24) is 5.32 Å². The molecule has 6 nitrogen and oxygen atoms in total. The van der Waals surface area contributed by atoms with Crippen molar-refractivity contribution in [1.29, 1.82) is 0 Å². The SMILES string of the molecule is O=C(CSc1cccc(C(F)(F)F)c1)Nc1ccc(NC(=O)NCc2ccco2)cc1. The molecule has 0 bridgehead atoms. The second kappa shape index (κ2) is 10.1. The van der Waals surface area contributed by atoms with Crippen LogP contribution in [0.4, 0.5) is 29.3 Å². The van der Waals surface area contributed by atoms with E-state index in [0.717, 1.165) is 23.9 Å². The average molecular weight is 449 g/mol. The Bertz CT molecular complexity index is 1020. The molecule has 1 aromatic heterocycles. The third-order valence-electron chi connectivity index (χ3n) is 3.96. The van der Waals surface area contributed by atoms with E-state index in [2.05, 4.69) is 16.0 Å². The summed E-state index contributed by atoms with van der Waals surface area (Å²) in [6.45, 7) is 0.247. The summed E-state index contributed by atoms with van der Waals surface area (Å²) in [4.78, 5) is 24.3. The van der Waals surface area contributed by atoms with Crippen molar-refractivity contribution in [2.45, 2.75) is 17.6 Å². The minimum absolute atomic E-state index is 0.0451. The van der Waals surface area contributed by atoms with E-state index in [1.807, 2.05) is 0 Å². The second-order valence-corrected chi connectivity index (χ2v) is 7.38. The number of hydrogen-bond acceptors (Lipinski definition) is 4. The Hall–Kier alpha value is -3.40. The van der Waals surface area contributed by atoms with E-state index >= 15 is 0 Å². The molecule has 0 spiro atoms. The highest BCUT2D eigenvalue weighted by Gasteiger charge is 2.30. The fourth-order valence-corrected chi connectivity index (χ4v) is 3.26. The fourth-order valence-electron chi connectivity index (χ4n) is 2.50. The van der Waals surface area contributed by atoms with Gasteiger partial charge in [0.2, 0.25) is 5.91 Å². The zero-order valence-corrected chi connectivity index (χ0v) is 16.8. The zero-order chi connectivity index (χ0) is 22.3. The lowest BCUT2D eigenvalue weighted by Crippen LogP contribution is -2.27. The lowest BCUT2D eigenvalue weighted by Gasteiger charge is -2.10. The lowest BCUT2D eigenvalue weighted by atomic mass is 10.2. The van der Waals surface area contributed by atoms with E-state index in [0.29, 0.717) is 22.0 Å². The zero-order valence-electron chi connectivity index (χ0n) is 16.0. The number of alkyl halides is 3. The maximum absolute atomic E-state index is 12.8. The van der Waals surface area contributed by atoms with Gasteiger partial charge in [-0.25, -0.2) is 4.79 Å². The topological polar surface area (TPSA) is 83.4 Å². The summed E-state index contributed by atoms with van der Waals surface area (Å²) in [5.41, 5.74) is 0.263. The number of hydrogen-bond donors (Lipinski definition) is 3. The Morgan fingerprint density at radius 3 is 2.29 bits per heavy atom. The van der Waals surface area contributed by atoms with Crippen LogP contribution in [-0.4, -0.2) is 17.7 Å². The molecule has 0 aliphatic carbocycles.